The fraction of sp³-hybridized carbons (Fsp3) is 0.0625. The maximum absolute atomic E-state index is 12.0. The number of amides is 1. The maximum Gasteiger partial charge on any atom is 0.274 e. The van der Waals surface area contributed by atoms with Crippen LogP contribution in [0.15, 0.2) is 53.7 Å². The Labute approximate surface area is 138 Å². The fourth-order valence-electron chi connectivity index (χ4n) is 1.98. The van der Waals surface area contributed by atoms with Crippen LogP contribution in [0.5, 0.6) is 0 Å². The molecule has 0 fully saturated rings. The number of hydrogen-bond donors (Lipinski definition) is 3. The first kappa shape index (κ1) is 16.5. The van der Waals surface area contributed by atoms with E-state index < -0.39 is 5.91 Å². The van der Waals surface area contributed by atoms with E-state index >= 15 is 0 Å². The highest BCUT2D eigenvalue weighted by atomic mass is 35.5. The van der Waals surface area contributed by atoms with Crippen LogP contribution in [0, 0.1) is 0 Å². The number of aromatic nitrogens is 1. The molecule has 0 spiro atoms. The molecule has 0 radical (unpaired) electrons. The first-order valence-electron chi connectivity index (χ1n) is 6.74. The van der Waals surface area contributed by atoms with Crippen LogP contribution in [0.25, 0.3) is 11.1 Å². The number of carbonyl (C=O) groups excluding carboxylic acids is 1. The summed E-state index contributed by atoms with van der Waals surface area (Å²) in [5.41, 5.74) is 12.9. The van der Waals surface area contributed by atoms with Crippen molar-refractivity contribution in [2.45, 2.75) is 0 Å². The van der Waals surface area contributed by atoms with Crippen molar-refractivity contribution < 1.29 is 4.79 Å². The number of pyridine rings is 1. The lowest BCUT2D eigenvalue weighted by Crippen LogP contribution is -2.22. The van der Waals surface area contributed by atoms with Gasteiger partial charge in [0.25, 0.3) is 5.91 Å². The Balaban J connectivity index is 2.27. The van der Waals surface area contributed by atoms with Crippen LogP contribution in [-0.4, -0.2) is 23.7 Å². The van der Waals surface area contributed by atoms with Crippen molar-refractivity contribution in [1.82, 2.24) is 4.98 Å². The van der Waals surface area contributed by atoms with Gasteiger partial charge >= 0.3 is 0 Å². The highest BCUT2D eigenvalue weighted by Crippen LogP contribution is 2.31. The minimum atomic E-state index is -0.424. The summed E-state index contributed by atoms with van der Waals surface area (Å²) in [5.74, 6) is 0.154. The van der Waals surface area contributed by atoms with Crippen molar-refractivity contribution in [2.24, 2.45) is 10.7 Å². The minimum absolute atomic E-state index is 0.183. The van der Waals surface area contributed by atoms with Gasteiger partial charge < -0.3 is 16.8 Å². The molecule has 5 N–H and O–H groups in total. The number of carbonyl (C=O) groups is 1. The monoisotopic (exact) mass is 329 g/mol. The first-order valence-corrected chi connectivity index (χ1v) is 7.12. The third kappa shape index (κ3) is 3.87. The third-order valence-corrected chi connectivity index (χ3v) is 3.39. The van der Waals surface area contributed by atoms with Gasteiger partial charge in [-0.05, 0) is 30.5 Å². The fourth-order valence-corrected chi connectivity index (χ4v) is 2.21. The molecule has 2 rings (SSSR count). The van der Waals surface area contributed by atoms with Gasteiger partial charge in [0.2, 0.25) is 0 Å². The maximum atomic E-state index is 12.0. The highest BCUT2D eigenvalue weighted by Gasteiger charge is 2.12. The molecule has 23 heavy (non-hydrogen) atoms. The van der Waals surface area contributed by atoms with Crippen molar-refractivity contribution in [3.63, 3.8) is 0 Å². The van der Waals surface area contributed by atoms with Crippen LogP contribution in [-0.2, 0) is 4.79 Å². The van der Waals surface area contributed by atoms with Crippen LogP contribution in [0.4, 0.5) is 11.6 Å². The number of halogens is 1. The Bertz CT molecular complexity index is 786. The lowest BCUT2D eigenvalue weighted by molar-refractivity contribution is -0.110. The van der Waals surface area contributed by atoms with E-state index in [9.17, 15) is 4.79 Å². The second-order valence-electron chi connectivity index (χ2n) is 4.53. The Hall–Kier alpha value is -2.86. The molecule has 0 aliphatic heterocycles. The molecule has 1 aromatic carbocycles. The number of nitrogen functional groups attached to an aromatic ring is 1. The van der Waals surface area contributed by atoms with Gasteiger partial charge in [-0.1, -0.05) is 29.8 Å². The normalized spacial score (nSPS) is 11.7. The molecule has 118 valence electrons. The standard InChI is InChI=1S/C16H16ClN5O/c1-20-13(8-9-18)16(23)22-14-7-6-11(15(19)21-14)10-4-2-3-5-12(10)17/h2-9H,18H2,1H3,(H3,19,21,22,23). The zero-order valence-electron chi connectivity index (χ0n) is 12.5. The zero-order chi connectivity index (χ0) is 16.8. The van der Waals surface area contributed by atoms with Crippen molar-refractivity contribution in [3.05, 3.63) is 53.7 Å². The van der Waals surface area contributed by atoms with Gasteiger partial charge in [0.15, 0.2) is 0 Å². The molecule has 0 saturated carbocycles. The molecule has 2 aromatic rings. The van der Waals surface area contributed by atoms with Gasteiger partial charge in [0.05, 0.1) is 0 Å². The molecule has 0 aliphatic carbocycles. The molecule has 1 aromatic heterocycles. The second kappa shape index (κ2) is 7.42. The van der Waals surface area contributed by atoms with E-state index in [1.807, 2.05) is 18.2 Å². The van der Waals surface area contributed by atoms with Crippen LogP contribution >= 0.6 is 11.6 Å². The molecular weight excluding hydrogens is 314 g/mol. The number of anilines is 2. The Morgan fingerprint density at radius 3 is 2.61 bits per heavy atom. The van der Waals surface area contributed by atoms with E-state index in [0.717, 1.165) is 5.56 Å². The molecule has 0 saturated heterocycles. The Morgan fingerprint density at radius 2 is 2.00 bits per heavy atom. The van der Waals surface area contributed by atoms with Crippen molar-refractivity contribution in [2.75, 3.05) is 18.1 Å². The largest absolute Gasteiger partial charge is 0.405 e. The van der Waals surface area contributed by atoms with Crippen LogP contribution in [0.1, 0.15) is 0 Å². The second-order valence-corrected chi connectivity index (χ2v) is 4.94. The lowest BCUT2D eigenvalue weighted by atomic mass is 10.1. The predicted octanol–water partition coefficient (Wildman–Crippen LogP) is 2.47. The number of nitrogens with one attached hydrogen (secondary N) is 1. The third-order valence-electron chi connectivity index (χ3n) is 3.06. The van der Waals surface area contributed by atoms with Crippen LogP contribution < -0.4 is 16.8 Å². The zero-order valence-corrected chi connectivity index (χ0v) is 13.2. The summed E-state index contributed by atoms with van der Waals surface area (Å²) in [6.45, 7) is 0. The van der Waals surface area contributed by atoms with Gasteiger partial charge in [-0.25, -0.2) is 4.98 Å². The summed E-state index contributed by atoms with van der Waals surface area (Å²) >= 11 is 6.16. The summed E-state index contributed by atoms with van der Waals surface area (Å²) in [6.07, 6.45) is 2.64. The van der Waals surface area contributed by atoms with Crippen LogP contribution in [0.3, 0.4) is 0 Å². The van der Waals surface area contributed by atoms with E-state index in [4.69, 9.17) is 23.1 Å². The molecule has 0 atom stereocenters. The molecule has 6 nitrogen and oxygen atoms in total. The summed E-state index contributed by atoms with van der Waals surface area (Å²) in [4.78, 5) is 20.0. The Morgan fingerprint density at radius 1 is 1.26 bits per heavy atom. The minimum Gasteiger partial charge on any atom is -0.405 e. The Kier molecular flexibility index (Phi) is 5.32. The number of nitrogens with two attached hydrogens (primary N) is 2. The topological polar surface area (TPSA) is 106 Å². The summed E-state index contributed by atoms with van der Waals surface area (Å²) in [7, 11) is 1.50. The van der Waals surface area contributed by atoms with Gasteiger partial charge in [0.1, 0.15) is 17.3 Å². The summed E-state index contributed by atoms with van der Waals surface area (Å²) in [5, 5.41) is 3.19. The number of nitrogens with zero attached hydrogens (tertiary/aromatic N) is 2. The number of rotatable bonds is 4. The molecule has 1 amide bonds. The molecule has 0 aliphatic rings. The first-order chi connectivity index (χ1) is 11.1. The highest BCUT2D eigenvalue weighted by molar-refractivity contribution is 6.47. The van der Waals surface area contributed by atoms with E-state index in [0.29, 0.717) is 16.4 Å². The van der Waals surface area contributed by atoms with Crippen molar-refractivity contribution >= 4 is 34.9 Å². The quantitative estimate of drug-likeness (QED) is 0.749. The molecule has 0 bridgehead atoms. The average molecular weight is 330 g/mol. The van der Waals surface area contributed by atoms with Gasteiger partial charge in [0, 0.05) is 23.2 Å². The van der Waals surface area contributed by atoms with E-state index in [1.165, 1.54) is 19.3 Å². The van der Waals surface area contributed by atoms with Gasteiger partial charge in [-0.3, -0.25) is 9.79 Å². The molecule has 0 unspecified atom stereocenters. The van der Waals surface area contributed by atoms with Crippen LogP contribution in [0.2, 0.25) is 5.02 Å². The average Bonchev–Trinajstić information content (AvgIpc) is 2.53. The SMILES string of the molecule is CN=C(C=CN)C(=O)Nc1ccc(-c2ccccc2Cl)c(N)n1. The molecule has 7 heteroatoms. The number of benzene rings is 1. The number of hydrogen-bond acceptors (Lipinski definition) is 5. The molecule has 1 heterocycles. The lowest BCUT2D eigenvalue weighted by Gasteiger charge is -2.10. The predicted molar refractivity (Wildman–Crippen MR) is 94.4 cm³/mol. The molecular formula is C16H16ClN5O. The van der Waals surface area contributed by atoms with Crippen molar-refractivity contribution in [1.29, 1.82) is 0 Å². The summed E-state index contributed by atoms with van der Waals surface area (Å²) in [6, 6.07) is 10.7. The van der Waals surface area contributed by atoms with Crippen molar-refractivity contribution in [3.8, 4) is 11.1 Å². The van der Waals surface area contributed by atoms with Gasteiger partial charge in [-0.2, -0.15) is 0 Å². The smallest absolute Gasteiger partial charge is 0.274 e. The van der Waals surface area contributed by atoms with Gasteiger partial charge in [-0.15, -0.1) is 0 Å². The van der Waals surface area contributed by atoms with E-state index in [2.05, 4.69) is 15.3 Å². The summed E-state index contributed by atoms with van der Waals surface area (Å²) < 4.78 is 0. The van der Waals surface area contributed by atoms with E-state index in [1.54, 1.807) is 18.2 Å². The van der Waals surface area contributed by atoms with E-state index in [-0.39, 0.29) is 11.5 Å². The number of aliphatic imine (C=N–C) groups is 1.